The molecule has 1 unspecified atom stereocenters. The highest BCUT2D eigenvalue weighted by molar-refractivity contribution is 6.05. The molecule has 2 saturated heterocycles. The third kappa shape index (κ3) is 2.95. The van der Waals surface area contributed by atoms with Gasteiger partial charge in [0.25, 0.3) is 5.91 Å². The maximum Gasteiger partial charge on any atom is 0.255 e. The van der Waals surface area contributed by atoms with Gasteiger partial charge in [-0.2, -0.15) is 0 Å². The fourth-order valence-corrected chi connectivity index (χ4v) is 4.84. The van der Waals surface area contributed by atoms with Crippen molar-refractivity contribution in [3.05, 3.63) is 34.9 Å². The lowest BCUT2D eigenvalue weighted by atomic mass is 10.0. The number of rotatable bonds is 4. The fourth-order valence-electron chi connectivity index (χ4n) is 4.84. The SMILES string of the molecule is O=C1CCC(N2Cc3c(CN[C@@H]4CCN[C@@H]5C[C@H]45)cccc3C2=O)C(=O)N1. The van der Waals surface area contributed by atoms with Gasteiger partial charge in [-0.05, 0) is 48.9 Å². The number of hydrogen-bond acceptors (Lipinski definition) is 5. The lowest BCUT2D eigenvalue weighted by molar-refractivity contribution is -0.136. The van der Waals surface area contributed by atoms with Gasteiger partial charge < -0.3 is 15.5 Å². The van der Waals surface area contributed by atoms with Crippen molar-refractivity contribution in [3.8, 4) is 0 Å². The molecular weight excluding hydrogens is 344 g/mol. The van der Waals surface area contributed by atoms with Crippen LogP contribution in [0.25, 0.3) is 0 Å². The van der Waals surface area contributed by atoms with Crippen molar-refractivity contribution in [2.45, 2.75) is 56.9 Å². The number of hydrogen-bond donors (Lipinski definition) is 3. The van der Waals surface area contributed by atoms with Crippen molar-refractivity contribution in [3.63, 3.8) is 0 Å². The zero-order chi connectivity index (χ0) is 18.5. The summed E-state index contributed by atoms with van der Waals surface area (Å²) >= 11 is 0. The minimum atomic E-state index is -0.556. The Kier molecular flexibility index (Phi) is 4.02. The lowest BCUT2D eigenvalue weighted by Crippen LogP contribution is -2.52. The van der Waals surface area contributed by atoms with Gasteiger partial charge in [-0.15, -0.1) is 0 Å². The van der Waals surface area contributed by atoms with Crippen molar-refractivity contribution in [1.29, 1.82) is 0 Å². The summed E-state index contributed by atoms with van der Waals surface area (Å²) in [6, 6.07) is 6.50. The molecule has 3 fully saturated rings. The monoisotopic (exact) mass is 368 g/mol. The molecule has 3 amide bonds. The van der Waals surface area contributed by atoms with Crippen molar-refractivity contribution in [2.24, 2.45) is 5.92 Å². The van der Waals surface area contributed by atoms with Crippen LogP contribution in [0.4, 0.5) is 0 Å². The third-order valence-electron chi connectivity index (χ3n) is 6.45. The molecule has 0 aromatic heterocycles. The molecule has 3 aliphatic heterocycles. The van der Waals surface area contributed by atoms with Crippen molar-refractivity contribution in [2.75, 3.05) is 6.54 Å². The maximum atomic E-state index is 12.9. The molecular formula is C20H24N4O3. The van der Waals surface area contributed by atoms with Gasteiger partial charge in [0.05, 0.1) is 0 Å². The summed E-state index contributed by atoms with van der Waals surface area (Å²) in [5, 5.41) is 9.57. The van der Waals surface area contributed by atoms with E-state index in [9.17, 15) is 14.4 Å². The molecule has 4 atom stereocenters. The molecule has 1 aliphatic carbocycles. The molecule has 142 valence electrons. The molecule has 3 N–H and O–H groups in total. The second-order valence-electron chi connectivity index (χ2n) is 8.08. The second-order valence-corrected chi connectivity index (χ2v) is 8.08. The van der Waals surface area contributed by atoms with E-state index in [2.05, 4.69) is 22.0 Å². The van der Waals surface area contributed by atoms with Crippen LogP contribution in [0.15, 0.2) is 18.2 Å². The molecule has 7 heteroatoms. The van der Waals surface area contributed by atoms with E-state index >= 15 is 0 Å². The van der Waals surface area contributed by atoms with Crippen molar-refractivity contribution in [1.82, 2.24) is 20.9 Å². The summed E-state index contributed by atoms with van der Waals surface area (Å²) in [5.74, 6) is 0.00907. The van der Waals surface area contributed by atoms with Gasteiger partial charge in [0, 0.05) is 37.2 Å². The van der Waals surface area contributed by atoms with E-state index in [1.165, 1.54) is 6.42 Å². The highest BCUT2D eigenvalue weighted by atomic mass is 16.2. The number of benzene rings is 1. The number of amides is 3. The number of carbonyl (C=O) groups excluding carboxylic acids is 3. The van der Waals surface area contributed by atoms with Gasteiger partial charge in [-0.1, -0.05) is 12.1 Å². The first-order valence-corrected chi connectivity index (χ1v) is 9.84. The first kappa shape index (κ1) is 16.9. The Morgan fingerprint density at radius 2 is 2.07 bits per heavy atom. The summed E-state index contributed by atoms with van der Waals surface area (Å²) in [5.41, 5.74) is 2.83. The largest absolute Gasteiger partial charge is 0.322 e. The second kappa shape index (κ2) is 6.42. The predicted molar refractivity (Wildman–Crippen MR) is 97.6 cm³/mol. The van der Waals surface area contributed by atoms with Crippen LogP contribution in [0.2, 0.25) is 0 Å². The number of nitrogens with one attached hydrogen (secondary N) is 3. The summed E-state index contributed by atoms with van der Waals surface area (Å²) in [7, 11) is 0. The maximum absolute atomic E-state index is 12.9. The third-order valence-corrected chi connectivity index (χ3v) is 6.45. The van der Waals surface area contributed by atoms with Gasteiger partial charge in [0.1, 0.15) is 6.04 Å². The van der Waals surface area contributed by atoms with E-state index in [4.69, 9.17) is 0 Å². The number of carbonyl (C=O) groups is 3. The Bertz CT molecular complexity index is 823. The van der Waals surface area contributed by atoms with Gasteiger partial charge in [-0.3, -0.25) is 19.7 Å². The molecule has 0 bridgehead atoms. The summed E-state index contributed by atoms with van der Waals surface area (Å²) in [4.78, 5) is 38.1. The van der Waals surface area contributed by atoms with E-state index in [0.717, 1.165) is 36.6 Å². The van der Waals surface area contributed by atoms with Crippen LogP contribution in [0, 0.1) is 5.92 Å². The Hall–Kier alpha value is -2.25. The van der Waals surface area contributed by atoms with E-state index in [1.54, 1.807) is 4.90 Å². The summed E-state index contributed by atoms with van der Waals surface area (Å²) < 4.78 is 0. The highest BCUT2D eigenvalue weighted by Gasteiger charge is 2.45. The standard InChI is InChI=1S/C20H24N4O3/c25-18-5-4-17(19(26)23-18)24-10-14-11(2-1-3-12(14)20(24)27)9-22-15-6-7-21-16-8-13(15)16/h1-3,13,15-17,21-22H,4-10H2,(H,23,25,26)/t13-,15-,16-,17?/m1/s1. The molecule has 3 heterocycles. The molecule has 5 rings (SSSR count). The van der Waals surface area contributed by atoms with Gasteiger partial charge >= 0.3 is 0 Å². The number of piperidine rings is 2. The van der Waals surface area contributed by atoms with Gasteiger partial charge in [-0.25, -0.2) is 0 Å². The average Bonchev–Trinajstić information content (AvgIpc) is 3.38. The first-order valence-electron chi connectivity index (χ1n) is 9.84. The predicted octanol–water partition coefficient (Wildman–Crippen LogP) is 0.288. The van der Waals surface area contributed by atoms with E-state index in [0.29, 0.717) is 30.6 Å². The average molecular weight is 368 g/mol. The molecule has 1 saturated carbocycles. The van der Waals surface area contributed by atoms with Crippen LogP contribution < -0.4 is 16.0 Å². The van der Waals surface area contributed by atoms with Gasteiger partial charge in [0.15, 0.2) is 0 Å². The number of nitrogens with zero attached hydrogens (tertiary/aromatic N) is 1. The van der Waals surface area contributed by atoms with Crippen molar-refractivity contribution >= 4 is 17.7 Å². The smallest absolute Gasteiger partial charge is 0.255 e. The molecule has 1 aromatic rings. The lowest BCUT2D eigenvalue weighted by Gasteiger charge is -2.29. The molecule has 27 heavy (non-hydrogen) atoms. The van der Waals surface area contributed by atoms with Crippen LogP contribution in [-0.4, -0.2) is 47.3 Å². The summed E-state index contributed by atoms with van der Waals surface area (Å²) in [6.45, 7) is 2.25. The minimum Gasteiger partial charge on any atom is -0.322 e. The topological polar surface area (TPSA) is 90.5 Å². The first-order chi connectivity index (χ1) is 13.1. The minimum absolute atomic E-state index is 0.106. The Labute approximate surface area is 157 Å². The van der Waals surface area contributed by atoms with E-state index in [1.807, 2.05) is 12.1 Å². The van der Waals surface area contributed by atoms with Crippen LogP contribution in [-0.2, 0) is 22.7 Å². The zero-order valence-corrected chi connectivity index (χ0v) is 15.2. The van der Waals surface area contributed by atoms with E-state index in [-0.39, 0.29) is 24.1 Å². The Balaban J connectivity index is 1.31. The summed E-state index contributed by atoms with van der Waals surface area (Å²) in [6.07, 6.45) is 3.07. The molecule has 7 nitrogen and oxygen atoms in total. The molecule has 0 spiro atoms. The quantitative estimate of drug-likeness (QED) is 0.665. The fraction of sp³-hybridized carbons (Fsp3) is 0.550. The van der Waals surface area contributed by atoms with Crippen LogP contribution >= 0.6 is 0 Å². The number of fused-ring (bicyclic) bond motifs is 2. The Morgan fingerprint density at radius 1 is 1.19 bits per heavy atom. The molecule has 4 aliphatic rings. The van der Waals surface area contributed by atoms with Gasteiger partial charge in [0.2, 0.25) is 11.8 Å². The van der Waals surface area contributed by atoms with E-state index < -0.39 is 6.04 Å². The molecule has 1 aromatic carbocycles. The zero-order valence-electron chi connectivity index (χ0n) is 15.2. The van der Waals surface area contributed by atoms with Crippen molar-refractivity contribution < 1.29 is 14.4 Å². The van der Waals surface area contributed by atoms with Crippen LogP contribution in [0.3, 0.4) is 0 Å². The number of imide groups is 1. The van der Waals surface area contributed by atoms with Crippen LogP contribution in [0.1, 0.15) is 47.2 Å². The Morgan fingerprint density at radius 3 is 2.93 bits per heavy atom. The van der Waals surface area contributed by atoms with Crippen LogP contribution in [0.5, 0.6) is 0 Å². The normalized spacial score (nSPS) is 32.1. The highest BCUT2D eigenvalue weighted by Crippen LogP contribution is 2.38. The molecule has 0 radical (unpaired) electrons.